The highest BCUT2D eigenvalue weighted by atomic mass is 32.2. The van der Waals surface area contributed by atoms with Gasteiger partial charge < -0.3 is 5.73 Å². The monoisotopic (exact) mass is 284 g/mol. The molecule has 1 aromatic carbocycles. The van der Waals surface area contributed by atoms with Gasteiger partial charge in [0.05, 0.1) is 5.69 Å². The van der Waals surface area contributed by atoms with Crippen LogP contribution in [0.2, 0.25) is 0 Å². The van der Waals surface area contributed by atoms with Crippen LogP contribution in [0.5, 0.6) is 0 Å². The Labute approximate surface area is 116 Å². The maximum Gasteiger partial charge on any atom is 0.245 e. The molecule has 0 aliphatic carbocycles. The second-order valence-corrected chi connectivity index (χ2v) is 7.42. The standard InChI is InChI=1S/C14H24N2O2S/c1-10(2)8-9-16(5)19(17,18)14-12(4)11(3)6-7-13(14)15/h6-7,10H,8-9,15H2,1-5H3. The molecule has 4 nitrogen and oxygen atoms in total. The van der Waals surface area contributed by atoms with Crippen molar-refractivity contribution in [2.24, 2.45) is 5.92 Å². The number of hydrogen-bond acceptors (Lipinski definition) is 3. The minimum atomic E-state index is -3.51. The van der Waals surface area contributed by atoms with Gasteiger partial charge in [0.15, 0.2) is 0 Å². The van der Waals surface area contributed by atoms with E-state index in [0.717, 1.165) is 17.5 Å². The Morgan fingerprint density at radius 2 is 1.84 bits per heavy atom. The first-order chi connectivity index (χ1) is 8.67. The number of sulfonamides is 1. The molecule has 0 aromatic heterocycles. The smallest absolute Gasteiger partial charge is 0.245 e. The molecule has 0 radical (unpaired) electrons. The zero-order valence-corrected chi connectivity index (χ0v) is 13.2. The van der Waals surface area contributed by atoms with Gasteiger partial charge in [0.2, 0.25) is 10.0 Å². The van der Waals surface area contributed by atoms with Crippen LogP contribution in [0.15, 0.2) is 17.0 Å². The van der Waals surface area contributed by atoms with Crippen molar-refractivity contribution >= 4 is 15.7 Å². The molecule has 2 N–H and O–H groups in total. The SMILES string of the molecule is Cc1ccc(N)c(S(=O)(=O)N(C)CCC(C)C)c1C. The highest BCUT2D eigenvalue weighted by Crippen LogP contribution is 2.27. The van der Waals surface area contributed by atoms with E-state index in [-0.39, 0.29) is 4.90 Å². The summed E-state index contributed by atoms with van der Waals surface area (Å²) >= 11 is 0. The van der Waals surface area contributed by atoms with Crippen LogP contribution in [-0.4, -0.2) is 26.3 Å². The number of rotatable bonds is 5. The van der Waals surface area contributed by atoms with E-state index in [1.54, 1.807) is 20.0 Å². The summed E-state index contributed by atoms with van der Waals surface area (Å²) in [6.07, 6.45) is 0.834. The molecule has 1 aromatic rings. The summed E-state index contributed by atoms with van der Waals surface area (Å²) < 4.78 is 26.6. The van der Waals surface area contributed by atoms with Gasteiger partial charge in [0.1, 0.15) is 4.90 Å². The Bertz CT molecular complexity index is 551. The van der Waals surface area contributed by atoms with Gasteiger partial charge >= 0.3 is 0 Å². The first-order valence-electron chi connectivity index (χ1n) is 6.50. The summed E-state index contributed by atoms with van der Waals surface area (Å²) in [4.78, 5) is 0.249. The first-order valence-corrected chi connectivity index (χ1v) is 7.94. The van der Waals surface area contributed by atoms with E-state index < -0.39 is 10.0 Å². The average Bonchev–Trinajstić information content (AvgIpc) is 2.30. The summed E-state index contributed by atoms with van der Waals surface area (Å²) in [6.45, 7) is 8.35. The maximum atomic E-state index is 12.6. The van der Waals surface area contributed by atoms with Crippen LogP contribution in [0.3, 0.4) is 0 Å². The zero-order chi connectivity index (χ0) is 14.8. The number of nitrogens with two attached hydrogens (primary N) is 1. The summed E-state index contributed by atoms with van der Waals surface area (Å²) in [6, 6.07) is 3.50. The van der Waals surface area contributed by atoms with Gasteiger partial charge in [-0.1, -0.05) is 19.9 Å². The quantitative estimate of drug-likeness (QED) is 0.845. The summed E-state index contributed by atoms with van der Waals surface area (Å²) in [5.74, 6) is 0.466. The minimum Gasteiger partial charge on any atom is -0.398 e. The molecule has 0 bridgehead atoms. The lowest BCUT2D eigenvalue weighted by Crippen LogP contribution is -2.30. The molecule has 19 heavy (non-hydrogen) atoms. The van der Waals surface area contributed by atoms with Gasteiger partial charge in [-0.3, -0.25) is 0 Å². The topological polar surface area (TPSA) is 63.4 Å². The fourth-order valence-electron chi connectivity index (χ4n) is 1.87. The third kappa shape index (κ3) is 3.48. The number of nitrogen functional groups attached to an aromatic ring is 1. The van der Waals surface area contributed by atoms with Crippen molar-refractivity contribution in [3.63, 3.8) is 0 Å². The number of anilines is 1. The minimum absolute atomic E-state index is 0.249. The number of hydrogen-bond donors (Lipinski definition) is 1. The van der Waals surface area contributed by atoms with E-state index in [2.05, 4.69) is 13.8 Å². The predicted molar refractivity (Wildman–Crippen MR) is 79.6 cm³/mol. The zero-order valence-electron chi connectivity index (χ0n) is 12.4. The van der Waals surface area contributed by atoms with Gasteiger partial charge in [-0.05, 0) is 43.4 Å². The molecule has 0 spiro atoms. The summed E-state index contributed by atoms with van der Waals surface area (Å²) in [5, 5.41) is 0. The van der Waals surface area contributed by atoms with Gasteiger partial charge in [-0.15, -0.1) is 0 Å². The third-order valence-electron chi connectivity index (χ3n) is 3.40. The molecule has 0 amide bonds. The highest BCUT2D eigenvalue weighted by molar-refractivity contribution is 7.89. The van der Waals surface area contributed by atoms with Crippen LogP contribution in [0.1, 0.15) is 31.4 Å². The van der Waals surface area contributed by atoms with E-state index in [1.807, 2.05) is 13.0 Å². The fraction of sp³-hybridized carbons (Fsp3) is 0.571. The molecule has 0 aliphatic heterocycles. The van der Waals surface area contributed by atoms with Crippen molar-refractivity contribution < 1.29 is 8.42 Å². The molecule has 0 saturated carbocycles. The molecule has 1 rings (SSSR count). The summed E-state index contributed by atoms with van der Waals surface area (Å²) in [7, 11) is -1.90. The fourth-order valence-corrected chi connectivity index (χ4v) is 3.44. The van der Waals surface area contributed by atoms with Crippen LogP contribution in [0, 0.1) is 19.8 Å². The van der Waals surface area contributed by atoms with Crippen molar-refractivity contribution in [3.8, 4) is 0 Å². The Morgan fingerprint density at radius 1 is 1.26 bits per heavy atom. The number of benzene rings is 1. The Hall–Kier alpha value is -1.07. The van der Waals surface area contributed by atoms with Crippen LogP contribution < -0.4 is 5.73 Å². The second-order valence-electron chi connectivity index (χ2n) is 5.43. The molecule has 0 atom stereocenters. The number of nitrogens with zero attached hydrogens (tertiary/aromatic N) is 1. The van der Waals surface area contributed by atoms with E-state index in [0.29, 0.717) is 18.2 Å². The van der Waals surface area contributed by atoms with Crippen molar-refractivity contribution in [1.29, 1.82) is 0 Å². The van der Waals surface area contributed by atoms with E-state index >= 15 is 0 Å². The van der Waals surface area contributed by atoms with Gasteiger partial charge in [0, 0.05) is 13.6 Å². The molecular weight excluding hydrogens is 260 g/mol. The van der Waals surface area contributed by atoms with E-state index in [4.69, 9.17) is 5.73 Å². The van der Waals surface area contributed by atoms with Crippen LogP contribution >= 0.6 is 0 Å². The molecular formula is C14H24N2O2S. The molecule has 0 heterocycles. The largest absolute Gasteiger partial charge is 0.398 e. The lowest BCUT2D eigenvalue weighted by atomic mass is 10.1. The van der Waals surface area contributed by atoms with Crippen molar-refractivity contribution in [2.75, 3.05) is 19.3 Å². The van der Waals surface area contributed by atoms with Crippen molar-refractivity contribution in [3.05, 3.63) is 23.3 Å². The highest BCUT2D eigenvalue weighted by Gasteiger charge is 2.25. The lowest BCUT2D eigenvalue weighted by Gasteiger charge is -2.21. The van der Waals surface area contributed by atoms with Crippen LogP contribution in [0.4, 0.5) is 5.69 Å². The average molecular weight is 284 g/mol. The van der Waals surface area contributed by atoms with Crippen LogP contribution in [0.25, 0.3) is 0 Å². The molecule has 108 valence electrons. The Morgan fingerprint density at radius 3 is 2.37 bits per heavy atom. The van der Waals surface area contributed by atoms with Gasteiger partial charge in [-0.2, -0.15) is 0 Å². The predicted octanol–water partition coefficient (Wildman–Crippen LogP) is 2.55. The maximum absolute atomic E-state index is 12.6. The molecule has 0 fully saturated rings. The van der Waals surface area contributed by atoms with Gasteiger partial charge in [-0.25, -0.2) is 12.7 Å². The van der Waals surface area contributed by atoms with E-state index in [9.17, 15) is 8.42 Å². The summed E-state index contributed by atoms with van der Waals surface area (Å²) in [5.41, 5.74) is 7.85. The first kappa shape index (κ1) is 16.0. The number of aryl methyl sites for hydroxylation is 1. The molecule has 0 aliphatic rings. The van der Waals surface area contributed by atoms with Gasteiger partial charge in [0.25, 0.3) is 0 Å². The third-order valence-corrected chi connectivity index (χ3v) is 5.46. The second kappa shape index (κ2) is 5.92. The van der Waals surface area contributed by atoms with Crippen LogP contribution in [-0.2, 0) is 10.0 Å². The van der Waals surface area contributed by atoms with E-state index in [1.165, 1.54) is 4.31 Å². The molecule has 5 heteroatoms. The lowest BCUT2D eigenvalue weighted by molar-refractivity contribution is 0.428. The Balaban J connectivity index is 3.17. The Kier molecular flexibility index (Phi) is 4.98. The van der Waals surface area contributed by atoms with Crippen molar-refractivity contribution in [2.45, 2.75) is 39.0 Å². The molecule has 0 unspecified atom stereocenters. The normalized spacial score (nSPS) is 12.4. The van der Waals surface area contributed by atoms with Crippen molar-refractivity contribution in [1.82, 2.24) is 4.31 Å². The molecule has 0 saturated heterocycles.